The zero-order valence-electron chi connectivity index (χ0n) is 10.5. The van der Waals surface area contributed by atoms with E-state index in [4.69, 9.17) is 0 Å². The summed E-state index contributed by atoms with van der Waals surface area (Å²) in [5.41, 5.74) is 3.15. The standard InChI is InChI=1S/C14H20N2O/c1-10-3-4-13(7-11(10)2)14(17)16-9-12-5-6-15-8-12/h3-4,7,12,15H,5-6,8-9H2,1-2H3,(H,16,17). The number of amides is 1. The molecule has 2 rings (SSSR count). The monoisotopic (exact) mass is 232 g/mol. The first-order valence-electron chi connectivity index (χ1n) is 6.23. The van der Waals surface area contributed by atoms with E-state index in [-0.39, 0.29) is 5.91 Å². The minimum atomic E-state index is 0.0417. The Morgan fingerprint density at radius 3 is 2.88 bits per heavy atom. The number of hydrogen-bond donors (Lipinski definition) is 2. The van der Waals surface area contributed by atoms with Gasteiger partial charge in [-0.2, -0.15) is 0 Å². The van der Waals surface area contributed by atoms with Crippen LogP contribution in [0.15, 0.2) is 18.2 Å². The lowest BCUT2D eigenvalue weighted by Crippen LogP contribution is -2.30. The second-order valence-electron chi connectivity index (χ2n) is 4.87. The Balaban J connectivity index is 1.92. The molecule has 17 heavy (non-hydrogen) atoms. The molecule has 1 aromatic carbocycles. The molecule has 92 valence electrons. The van der Waals surface area contributed by atoms with E-state index < -0.39 is 0 Å². The Kier molecular flexibility index (Phi) is 3.79. The number of hydrogen-bond acceptors (Lipinski definition) is 2. The predicted molar refractivity (Wildman–Crippen MR) is 69.2 cm³/mol. The van der Waals surface area contributed by atoms with E-state index in [9.17, 15) is 4.79 Å². The van der Waals surface area contributed by atoms with Gasteiger partial charge in [-0.1, -0.05) is 6.07 Å². The average Bonchev–Trinajstić information content (AvgIpc) is 2.82. The van der Waals surface area contributed by atoms with Crippen molar-refractivity contribution >= 4 is 5.91 Å². The second kappa shape index (κ2) is 5.32. The highest BCUT2D eigenvalue weighted by molar-refractivity contribution is 5.94. The van der Waals surface area contributed by atoms with Gasteiger partial charge in [0.05, 0.1) is 0 Å². The molecule has 3 nitrogen and oxygen atoms in total. The molecule has 0 bridgehead atoms. The fourth-order valence-corrected chi connectivity index (χ4v) is 2.11. The molecule has 0 radical (unpaired) electrons. The third kappa shape index (κ3) is 3.07. The fourth-order valence-electron chi connectivity index (χ4n) is 2.11. The van der Waals surface area contributed by atoms with Crippen molar-refractivity contribution < 1.29 is 4.79 Å². The van der Waals surface area contributed by atoms with Crippen LogP contribution in [0.5, 0.6) is 0 Å². The minimum absolute atomic E-state index is 0.0417. The molecule has 1 unspecified atom stereocenters. The normalized spacial score (nSPS) is 19.3. The highest BCUT2D eigenvalue weighted by Crippen LogP contribution is 2.10. The minimum Gasteiger partial charge on any atom is -0.352 e. The average molecular weight is 232 g/mol. The molecule has 1 atom stereocenters. The first-order chi connectivity index (χ1) is 8.16. The molecule has 1 aliphatic rings. The maximum atomic E-state index is 11.9. The van der Waals surface area contributed by atoms with Crippen LogP contribution in [-0.2, 0) is 0 Å². The summed E-state index contributed by atoms with van der Waals surface area (Å²) in [7, 11) is 0. The molecule has 1 aromatic rings. The molecule has 0 aliphatic carbocycles. The Morgan fingerprint density at radius 1 is 1.41 bits per heavy atom. The summed E-state index contributed by atoms with van der Waals surface area (Å²) in [6.45, 7) is 6.96. The van der Waals surface area contributed by atoms with Gasteiger partial charge in [0.2, 0.25) is 0 Å². The zero-order chi connectivity index (χ0) is 12.3. The van der Waals surface area contributed by atoms with Crippen molar-refractivity contribution in [3.8, 4) is 0 Å². The number of aryl methyl sites for hydroxylation is 2. The molecular weight excluding hydrogens is 212 g/mol. The summed E-state index contributed by atoms with van der Waals surface area (Å²) >= 11 is 0. The van der Waals surface area contributed by atoms with Gasteiger partial charge in [-0.15, -0.1) is 0 Å². The van der Waals surface area contributed by atoms with Crippen molar-refractivity contribution in [3.63, 3.8) is 0 Å². The van der Waals surface area contributed by atoms with Crippen molar-refractivity contribution in [1.82, 2.24) is 10.6 Å². The van der Waals surface area contributed by atoms with Crippen LogP contribution in [0.3, 0.4) is 0 Å². The molecule has 1 amide bonds. The third-order valence-corrected chi connectivity index (χ3v) is 3.48. The highest BCUT2D eigenvalue weighted by Gasteiger charge is 2.15. The van der Waals surface area contributed by atoms with Crippen LogP contribution >= 0.6 is 0 Å². The molecule has 2 N–H and O–H groups in total. The van der Waals surface area contributed by atoms with Crippen LogP contribution in [0, 0.1) is 19.8 Å². The first-order valence-corrected chi connectivity index (χ1v) is 6.23. The smallest absolute Gasteiger partial charge is 0.251 e. The lowest BCUT2D eigenvalue weighted by Gasteiger charge is -2.10. The molecular formula is C14H20N2O. The van der Waals surface area contributed by atoms with Gasteiger partial charge in [0.25, 0.3) is 5.91 Å². The lowest BCUT2D eigenvalue weighted by atomic mass is 10.1. The van der Waals surface area contributed by atoms with Gasteiger partial charge in [-0.05, 0) is 62.5 Å². The predicted octanol–water partition coefficient (Wildman–Crippen LogP) is 1.64. The topological polar surface area (TPSA) is 41.1 Å². The van der Waals surface area contributed by atoms with Gasteiger partial charge in [0.15, 0.2) is 0 Å². The quantitative estimate of drug-likeness (QED) is 0.832. The van der Waals surface area contributed by atoms with Gasteiger partial charge in [-0.25, -0.2) is 0 Å². The summed E-state index contributed by atoms with van der Waals surface area (Å²) in [5, 5.41) is 6.31. The van der Waals surface area contributed by atoms with E-state index >= 15 is 0 Å². The Labute approximate surface area is 103 Å². The maximum absolute atomic E-state index is 11.9. The van der Waals surface area contributed by atoms with Gasteiger partial charge in [0, 0.05) is 12.1 Å². The number of benzene rings is 1. The van der Waals surface area contributed by atoms with E-state index in [0.717, 1.165) is 31.6 Å². The number of carbonyl (C=O) groups excluding carboxylic acids is 1. The molecule has 1 aliphatic heterocycles. The lowest BCUT2D eigenvalue weighted by molar-refractivity contribution is 0.0948. The van der Waals surface area contributed by atoms with E-state index in [1.165, 1.54) is 11.1 Å². The molecule has 3 heteroatoms. The summed E-state index contributed by atoms with van der Waals surface area (Å²) in [6, 6.07) is 5.85. The first kappa shape index (κ1) is 12.1. The van der Waals surface area contributed by atoms with Gasteiger partial charge in [0.1, 0.15) is 0 Å². The van der Waals surface area contributed by atoms with Crippen molar-refractivity contribution in [3.05, 3.63) is 34.9 Å². The van der Waals surface area contributed by atoms with Gasteiger partial charge >= 0.3 is 0 Å². The van der Waals surface area contributed by atoms with Gasteiger partial charge in [-0.3, -0.25) is 4.79 Å². The van der Waals surface area contributed by atoms with Crippen LogP contribution in [-0.4, -0.2) is 25.5 Å². The summed E-state index contributed by atoms with van der Waals surface area (Å²) < 4.78 is 0. The van der Waals surface area contributed by atoms with Crippen LogP contribution < -0.4 is 10.6 Å². The van der Waals surface area contributed by atoms with Crippen molar-refractivity contribution in [1.29, 1.82) is 0 Å². The van der Waals surface area contributed by atoms with Crippen molar-refractivity contribution in [2.45, 2.75) is 20.3 Å². The van der Waals surface area contributed by atoms with Crippen LogP contribution in [0.4, 0.5) is 0 Å². The SMILES string of the molecule is Cc1ccc(C(=O)NCC2CCNC2)cc1C. The zero-order valence-corrected chi connectivity index (χ0v) is 10.5. The summed E-state index contributed by atoms with van der Waals surface area (Å²) in [6.07, 6.45) is 1.16. The molecule has 1 heterocycles. The molecule has 1 saturated heterocycles. The molecule has 0 saturated carbocycles. The number of carbonyl (C=O) groups is 1. The molecule has 1 fully saturated rings. The van der Waals surface area contributed by atoms with Crippen molar-refractivity contribution in [2.24, 2.45) is 5.92 Å². The highest BCUT2D eigenvalue weighted by atomic mass is 16.1. The van der Waals surface area contributed by atoms with Crippen LogP contribution in [0.2, 0.25) is 0 Å². The molecule has 0 spiro atoms. The van der Waals surface area contributed by atoms with E-state index in [1.807, 2.05) is 25.1 Å². The number of rotatable bonds is 3. The van der Waals surface area contributed by atoms with E-state index in [2.05, 4.69) is 17.6 Å². The van der Waals surface area contributed by atoms with E-state index in [0.29, 0.717) is 5.92 Å². The van der Waals surface area contributed by atoms with Gasteiger partial charge < -0.3 is 10.6 Å². The maximum Gasteiger partial charge on any atom is 0.251 e. The summed E-state index contributed by atoms with van der Waals surface area (Å²) in [4.78, 5) is 11.9. The van der Waals surface area contributed by atoms with Crippen LogP contribution in [0.1, 0.15) is 27.9 Å². The summed E-state index contributed by atoms with van der Waals surface area (Å²) in [5.74, 6) is 0.630. The fraction of sp³-hybridized carbons (Fsp3) is 0.500. The third-order valence-electron chi connectivity index (χ3n) is 3.48. The largest absolute Gasteiger partial charge is 0.352 e. The Bertz CT molecular complexity index is 409. The van der Waals surface area contributed by atoms with Crippen LogP contribution in [0.25, 0.3) is 0 Å². The van der Waals surface area contributed by atoms with Crippen molar-refractivity contribution in [2.75, 3.05) is 19.6 Å². The molecule has 0 aromatic heterocycles. The second-order valence-corrected chi connectivity index (χ2v) is 4.87. The Hall–Kier alpha value is -1.35. The van der Waals surface area contributed by atoms with E-state index in [1.54, 1.807) is 0 Å². The Morgan fingerprint density at radius 2 is 2.24 bits per heavy atom. The number of nitrogens with one attached hydrogen (secondary N) is 2.